The number of fused-ring (bicyclic) bond motifs is 1. The van der Waals surface area contributed by atoms with Gasteiger partial charge in [-0.1, -0.05) is 12.1 Å². The number of hydrogen-bond acceptors (Lipinski definition) is 13. The molecule has 6 rings (SSSR count). The van der Waals surface area contributed by atoms with E-state index < -0.39 is 39.0 Å². The van der Waals surface area contributed by atoms with Crippen LogP contribution in [0.4, 0.5) is 20.6 Å². The molecule has 16 heteroatoms. The van der Waals surface area contributed by atoms with Gasteiger partial charge in [0.15, 0.2) is 5.54 Å². The number of hydroxylamine groups is 2. The van der Waals surface area contributed by atoms with E-state index in [4.69, 9.17) is 19.0 Å². The van der Waals surface area contributed by atoms with Crippen LogP contribution >= 0.6 is 0 Å². The van der Waals surface area contributed by atoms with Crippen molar-refractivity contribution in [3.05, 3.63) is 107 Å². The summed E-state index contributed by atoms with van der Waals surface area (Å²) >= 11 is 0. The van der Waals surface area contributed by atoms with Gasteiger partial charge in [0.25, 0.3) is 15.9 Å². The maximum atomic E-state index is 15.4. The summed E-state index contributed by atoms with van der Waals surface area (Å²) in [5.41, 5.74) is -1.47. The van der Waals surface area contributed by atoms with E-state index in [9.17, 15) is 18.5 Å². The maximum absolute atomic E-state index is 15.4. The van der Waals surface area contributed by atoms with Crippen molar-refractivity contribution >= 4 is 33.5 Å². The molecule has 1 saturated heterocycles. The Kier molecular flexibility index (Phi) is 11.0. The van der Waals surface area contributed by atoms with Crippen molar-refractivity contribution in [2.24, 2.45) is 0 Å². The third kappa shape index (κ3) is 7.77. The SMILES string of the molecule is CCOc1ncccc1C1(NCc2ccc(N3CCN(OC(=O)OC(C)(C)C)CC3)cc2)C(=O)N(S(=O)(=O)c2ccc(OC)cc2)c2cc(F)c(C#N)cc21. The van der Waals surface area contributed by atoms with Crippen LogP contribution in [0.2, 0.25) is 0 Å². The Hall–Kier alpha value is -5.76. The summed E-state index contributed by atoms with van der Waals surface area (Å²) in [6.07, 6.45) is 0.719. The van der Waals surface area contributed by atoms with Crippen LogP contribution in [0.3, 0.4) is 0 Å². The molecule has 0 radical (unpaired) electrons. The Morgan fingerprint density at radius 2 is 1.71 bits per heavy atom. The number of sulfonamides is 1. The zero-order valence-corrected chi connectivity index (χ0v) is 31.9. The quantitative estimate of drug-likeness (QED) is 0.197. The van der Waals surface area contributed by atoms with Gasteiger partial charge in [-0.15, -0.1) is 5.06 Å². The van der Waals surface area contributed by atoms with E-state index in [1.54, 1.807) is 44.9 Å². The Morgan fingerprint density at radius 1 is 1.02 bits per heavy atom. The minimum Gasteiger partial charge on any atom is -0.497 e. The Morgan fingerprint density at radius 3 is 2.33 bits per heavy atom. The molecule has 14 nitrogen and oxygen atoms in total. The number of anilines is 2. The molecule has 2 aliphatic rings. The minimum atomic E-state index is -4.65. The fourth-order valence-corrected chi connectivity index (χ4v) is 7.97. The van der Waals surface area contributed by atoms with Gasteiger partial charge in [-0.2, -0.15) is 5.26 Å². The number of piperazine rings is 1. The predicted molar refractivity (Wildman–Crippen MR) is 199 cm³/mol. The third-order valence-electron chi connectivity index (χ3n) is 9.08. The number of hydrogen-bond donors (Lipinski definition) is 1. The van der Waals surface area contributed by atoms with Gasteiger partial charge in [0.05, 0.1) is 43.0 Å². The van der Waals surface area contributed by atoms with Crippen molar-refractivity contribution in [2.45, 2.75) is 50.3 Å². The first-order valence-electron chi connectivity index (χ1n) is 17.5. The summed E-state index contributed by atoms with van der Waals surface area (Å²) < 4.78 is 61.0. The number of nitriles is 1. The van der Waals surface area contributed by atoms with Crippen LogP contribution in [0, 0.1) is 17.1 Å². The molecule has 1 amide bonds. The van der Waals surface area contributed by atoms with Gasteiger partial charge >= 0.3 is 6.16 Å². The second kappa shape index (κ2) is 15.5. The predicted octanol–water partition coefficient (Wildman–Crippen LogP) is 5.26. The van der Waals surface area contributed by atoms with Gasteiger partial charge < -0.3 is 23.9 Å². The van der Waals surface area contributed by atoms with Crippen LogP contribution in [-0.2, 0) is 36.5 Å². The normalized spacial score (nSPS) is 17.4. The van der Waals surface area contributed by atoms with E-state index in [0.29, 0.717) is 36.2 Å². The molecule has 3 heterocycles. The summed E-state index contributed by atoms with van der Waals surface area (Å²) in [5, 5.41) is 14.7. The van der Waals surface area contributed by atoms with Crippen molar-refractivity contribution in [1.29, 1.82) is 5.26 Å². The molecule has 4 aromatic rings. The average Bonchev–Trinajstić information content (AvgIpc) is 3.40. The Labute approximate surface area is 319 Å². The summed E-state index contributed by atoms with van der Waals surface area (Å²) in [5.74, 6) is -1.52. The van der Waals surface area contributed by atoms with E-state index in [2.05, 4.69) is 15.2 Å². The number of nitrogens with zero attached hydrogens (tertiary/aromatic N) is 5. The van der Waals surface area contributed by atoms with Crippen LogP contribution in [0.25, 0.3) is 0 Å². The first-order chi connectivity index (χ1) is 26.2. The number of carbonyl (C=O) groups excluding carboxylic acids is 2. The number of carbonyl (C=O) groups is 2. The fourth-order valence-electron chi connectivity index (χ4n) is 6.51. The summed E-state index contributed by atoms with van der Waals surface area (Å²) in [6, 6.07) is 20.1. The van der Waals surface area contributed by atoms with Gasteiger partial charge in [0.1, 0.15) is 23.2 Å². The molecule has 55 heavy (non-hydrogen) atoms. The number of benzene rings is 3. The standard InChI is InChI=1S/C39H41FN6O8S/c1-6-52-35-31(8-7-17-42-35)39(43-25-26-9-11-28(12-10-26)44-18-20-45(21-19-44)54-37(48)53-38(2,3)4)32-22-27(24-41)33(40)23-34(32)46(36(39)47)55(49,50)30-15-13-29(51-5)14-16-30/h7-17,22-23,43H,6,18-21,25H2,1-5H3. The highest BCUT2D eigenvalue weighted by molar-refractivity contribution is 7.93. The Bertz CT molecular complexity index is 2220. The zero-order valence-electron chi connectivity index (χ0n) is 31.0. The summed E-state index contributed by atoms with van der Waals surface area (Å²) in [7, 11) is -3.22. The van der Waals surface area contributed by atoms with E-state index in [1.807, 2.05) is 30.3 Å². The van der Waals surface area contributed by atoms with Gasteiger partial charge in [-0.3, -0.25) is 10.1 Å². The van der Waals surface area contributed by atoms with E-state index >= 15 is 9.18 Å². The second-order valence-corrected chi connectivity index (χ2v) is 15.5. The molecule has 0 bridgehead atoms. The molecule has 2 aliphatic heterocycles. The van der Waals surface area contributed by atoms with Crippen LogP contribution in [-0.4, -0.2) is 76.0 Å². The molecule has 1 aromatic heterocycles. The second-order valence-electron chi connectivity index (χ2n) is 13.7. The van der Waals surface area contributed by atoms with Crippen molar-refractivity contribution < 1.29 is 41.4 Å². The molecular formula is C39H41FN6O8S. The molecule has 288 valence electrons. The highest BCUT2D eigenvalue weighted by Gasteiger charge is 2.58. The molecule has 1 fully saturated rings. The van der Waals surface area contributed by atoms with E-state index in [1.165, 1.54) is 43.6 Å². The van der Waals surface area contributed by atoms with Crippen LogP contribution in [0.5, 0.6) is 11.6 Å². The van der Waals surface area contributed by atoms with Crippen molar-refractivity contribution in [3.8, 4) is 17.7 Å². The third-order valence-corrected chi connectivity index (χ3v) is 10.8. The molecule has 1 atom stereocenters. The number of amides is 1. The molecule has 0 spiro atoms. The minimum absolute atomic E-state index is 0.0269. The number of halogens is 1. The highest BCUT2D eigenvalue weighted by atomic mass is 32.2. The van der Waals surface area contributed by atoms with Crippen molar-refractivity contribution in [3.63, 3.8) is 0 Å². The number of nitrogens with one attached hydrogen (secondary N) is 1. The van der Waals surface area contributed by atoms with Gasteiger partial charge in [0, 0.05) is 48.7 Å². The monoisotopic (exact) mass is 772 g/mol. The zero-order chi connectivity index (χ0) is 39.5. The molecule has 1 unspecified atom stereocenters. The summed E-state index contributed by atoms with van der Waals surface area (Å²) in [4.78, 5) is 38.8. The average molecular weight is 773 g/mol. The van der Waals surface area contributed by atoms with E-state index in [-0.39, 0.29) is 46.3 Å². The van der Waals surface area contributed by atoms with Gasteiger partial charge in [0.2, 0.25) is 5.88 Å². The van der Waals surface area contributed by atoms with Crippen molar-refractivity contribution in [1.82, 2.24) is 15.4 Å². The topological polar surface area (TPSA) is 164 Å². The lowest BCUT2D eigenvalue weighted by molar-refractivity contribution is -0.144. The number of ether oxygens (including phenoxy) is 3. The smallest absolute Gasteiger partial charge is 0.497 e. The lowest BCUT2D eigenvalue weighted by Crippen LogP contribution is -2.52. The fraction of sp³-hybridized carbons (Fsp3) is 0.333. The van der Waals surface area contributed by atoms with Crippen LogP contribution in [0.15, 0.2) is 83.9 Å². The molecular weight excluding hydrogens is 732 g/mol. The number of pyridine rings is 1. The first kappa shape index (κ1) is 38.9. The van der Waals surface area contributed by atoms with Crippen LogP contribution in [0.1, 0.15) is 49.9 Å². The van der Waals surface area contributed by atoms with Crippen molar-refractivity contribution in [2.75, 3.05) is 49.1 Å². The molecule has 3 aromatic carbocycles. The van der Waals surface area contributed by atoms with E-state index in [0.717, 1.165) is 17.3 Å². The number of rotatable bonds is 11. The highest BCUT2D eigenvalue weighted by Crippen LogP contribution is 2.49. The largest absolute Gasteiger partial charge is 0.528 e. The maximum Gasteiger partial charge on any atom is 0.528 e. The van der Waals surface area contributed by atoms with Crippen LogP contribution < -0.4 is 24.0 Å². The molecule has 1 N–H and O–H groups in total. The lowest BCUT2D eigenvalue weighted by Gasteiger charge is -2.35. The van der Waals surface area contributed by atoms with Gasteiger partial charge in [-0.25, -0.2) is 26.9 Å². The number of methoxy groups -OCH3 is 1. The molecule has 0 aliphatic carbocycles. The first-order valence-corrected chi connectivity index (χ1v) is 19.0. The Balaban J connectivity index is 1.34. The van der Waals surface area contributed by atoms with Gasteiger partial charge in [-0.05, 0) is 87.9 Å². The lowest BCUT2D eigenvalue weighted by atomic mass is 9.83. The summed E-state index contributed by atoms with van der Waals surface area (Å²) in [6.45, 7) is 9.30. The number of aromatic nitrogens is 1. The molecule has 0 saturated carbocycles.